The number of nitrogens with zero attached hydrogens (tertiary/aromatic N) is 1. The maximum atomic E-state index is 10.5. The lowest BCUT2D eigenvalue weighted by Crippen LogP contribution is -2.43. The van der Waals surface area contributed by atoms with Gasteiger partial charge in [0.05, 0.1) is 11.7 Å². The number of hydrogen-bond acceptors (Lipinski definition) is 3. The molecular weight excluding hydrogens is 202 g/mol. The van der Waals surface area contributed by atoms with Crippen molar-refractivity contribution >= 4 is 0 Å². The monoisotopic (exact) mass is 227 g/mol. The van der Waals surface area contributed by atoms with Crippen molar-refractivity contribution < 1.29 is 9.84 Å². The van der Waals surface area contributed by atoms with Gasteiger partial charge in [0, 0.05) is 26.2 Å². The molecule has 2 aliphatic rings. The first-order valence-corrected chi connectivity index (χ1v) is 6.78. The highest BCUT2D eigenvalue weighted by molar-refractivity contribution is 4.88. The van der Waals surface area contributed by atoms with Crippen molar-refractivity contribution in [3.05, 3.63) is 0 Å². The van der Waals surface area contributed by atoms with Crippen LogP contribution in [-0.4, -0.2) is 48.0 Å². The minimum atomic E-state index is -0.403. The summed E-state index contributed by atoms with van der Waals surface area (Å²) in [7, 11) is 0. The van der Waals surface area contributed by atoms with Gasteiger partial charge in [-0.15, -0.1) is 0 Å². The molecule has 2 fully saturated rings. The van der Waals surface area contributed by atoms with Crippen molar-refractivity contribution in [2.45, 2.75) is 57.2 Å². The highest BCUT2D eigenvalue weighted by atomic mass is 16.5. The van der Waals surface area contributed by atoms with E-state index in [0.717, 1.165) is 45.5 Å². The topological polar surface area (TPSA) is 32.7 Å². The summed E-state index contributed by atoms with van der Waals surface area (Å²) in [6.45, 7) is 5.82. The molecule has 94 valence electrons. The molecule has 0 amide bonds. The smallest absolute Gasteiger partial charge is 0.0774 e. The van der Waals surface area contributed by atoms with Gasteiger partial charge in [-0.2, -0.15) is 0 Å². The van der Waals surface area contributed by atoms with Crippen LogP contribution in [0.25, 0.3) is 0 Å². The molecule has 1 heterocycles. The Balaban J connectivity index is 1.77. The number of ether oxygens (including phenoxy) is 1. The summed E-state index contributed by atoms with van der Waals surface area (Å²) in [5.41, 5.74) is -0.403. The summed E-state index contributed by atoms with van der Waals surface area (Å²) in [6.07, 6.45) is 7.19. The Labute approximate surface area is 98.8 Å². The molecule has 0 aromatic carbocycles. The van der Waals surface area contributed by atoms with Gasteiger partial charge in [-0.25, -0.2) is 0 Å². The highest BCUT2D eigenvalue weighted by Crippen LogP contribution is 2.29. The molecule has 16 heavy (non-hydrogen) atoms. The molecule has 3 heteroatoms. The maximum absolute atomic E-state index is 10.5. The number of rotatable bonds is 4. The molecule has 1 unspecified atom stereocenters. The first kappa shape index (κ1) is 12.3. The van der Waals surface area contributed by atoms with E-state index in [-0.39, 0.29) is 0 Å². The van der Waals surface area contributed by atoms with E-state index in [1.165, 1.54) is 19.3 Å². The summed E-state index contributed by atoms with van der Waals surface area (Å²) in [5.74, 6) is 0. The predicted molar refractivity (Wildman–Crippen MR) is 64.5 cm³/mol. The molecule has 1 N–H and O–H groups in total. The number of β-amino-alcohol motifs (C(OH)–C–C–N with tert-alkyl or cyclic N) is 1. The Morgan fingerprint density at radius 2 is 2.06 bits per heavy atom. The minimum Gasteiger partial charge on any atom is -0.389 e. The third kappa shape index (κ3) is 3.19. The van der Waals surface area contributed by atoms with E-state index in [0.29, 0.717) is 6.10 Å². The summed E-state index contributed by atoms with van der Waals surface area (Å²) >= 11 is 0. The SMILES string of the molecule is CCOC1CCN(CC2(O)CCCCC2)C1. The summed E-state index contributed by atoms with van der Waals surface area (Å²) in [4.78, 5) is 2.38. The molecule has 0 aromatic rings. The molecule has 1 aliphatic carbocycles. The van der Waals surface area contributed by atoms with Crippen LogP contribution < -0.4 is 0 Å². The van der Waals surface area contributed by atoms with E-state index in [9.17, 15) is 5.11 Å². The summed E-state index contributed by atoms with van der Waals surface area (Å²) in [5, 5.41) is 10.5. The third-order valence-corrected chi connectivity index (χ3v) is 3.93. The molecule has 1 saturated heterocycles. The fraction of sp³-hybridized carbons (Fsp3) is 1.00. The van der Waals surface area contributed by atoms with Crippen LogP contribution in [-0.2, 0) is 4.74 Å². The van der Waals surface area contributed by atoms with Crippen LogP contribution in [0.3, 0.4) is 0 Å². The third-order valence-electron chi connectivity index (χ3n) is 3.93. The quantitative estimate of drug-likeness (QED) is 0.795. The second-order valence-electron chi connectivity index (χ2n) is 5.39. The highest BCUT2D eigenvalue weighted by Gasteiger charge is 2.34. The van der Waals surface area contributed by atoms with Crippen molar-refractivity contribution in [1.29, 1.82) is 0 Å². The van der Waals surface area contributed by atoms with E-state index in [4.69, 9.17) is 4.74 Å². The average molecular weight is 227 g/mol. The van der Waals surface area contributed by atoms with Gasteiger partial charge < -0.3 is 9.84 Å². The zero-order chi connectivity index (χ0) is 11.4. The van der Waals surface area contributed by atoms with E-state index >= 15 is 0 Å². The minimum absolute atomic E-state index is 0.400. The lowest BCUT2D eigenvalue weighted by atomic mass is 9.84. The van der Waals surface area contributed by atoms with Crippen molar-refractivity contribution in [2.24, 2.45) is 0 Å². The molecule has 1 aliphatic heterocycles. The van der Waals surface area contributed by atoms with Crippen LogP contribution in [0, 0.1) is 0 Å². The van der Waals surface area contributed by atoms with E-state index in [2.05, 4.69) is 11.8 Å². The molecule has 0 radical (unpaired) electrons. The molecule has 0 bridgehead atoms. The van der Waals surface area contributed by atoms with Crippen molar-refractivity contribution in [3.8, 4) is 0 Å². The Morgan fingerprint density at radius 1 is 1.31 bits per heavy atom. The van der Waals surface area contributed by atoms with Gasteiger partial charge in [-0.3, -0.25) is 4.90 Å². The van der Waals surface area contributed by atoms with Crippen molar-refractivity contribution in [3.63, 3.8) is 0 Å². The van der Waals surface area contributed by atoms with E-state index in [1.807, 2.05) is 0 Å². The maximum Gasteiger partial charge on any atom is 0.0774 e. The molecular formula is C13H25NO2. The average Bonchev–Trinajstić information content (AvgIpc) is 2.66. The molecule has 2 rings (SSSR count). The standard InChI is InChI=1S/C13H25NO2/c1-2-16-12-6-9-14(10-12)11-13(15)7-4-3-5-8-13/h12,15H,2-11H2,1H3. The zero-order valence-electron chi connectivity index (χ0n) is 10.5. The van der Waals surface area contributed by atoms with Crippen LogP contribution in [0.4, 0.5) is 0 Å². The van der Waals surface area contributed by atoms with Crippen molar-refractivity contribution in [2.75, 3.05) is 26.2 Å². The molecule has 0 spiro atoms. The molecule has 1 saturated carbocycles. The van der Waals surface area contributed by atoms with E-state index in [1.54, 1.807) is 0 Å². The van der Waals surface area contributed by atoms with Crippen LogP contribution in [0.15, 0.2) is 0 Å². The normalized spacial score (nSPS) is 30.8. The van der Waals surface area contributed by atoms with Gasteiger partial charge in [0.25, 0.3) is 0 Å². The molecule has 3 nitrogen and oxygen atoms in total. The largest absolute Gasteiger partial charge is 0.389 e. The van der Waals surface area contributed by atoms with Crippen molar-refractivity contribution in [1.82, 2.24) is 4.90 Å². The lowest BCUT2D eigenvalue weighted by Gasteiger charge is -2.35. The van der Waals surface area contributed by atoms with Gasteiger partial charge in [0.2, 0.25) is 0 Å². The van der Waals surface area contributed by atoms with Gasteiger partial charge in [-0.1, -0.05) is 19.3 Å². The predicted octanol–water partition coefficient (Wildman–Crippen LogP) is 1.79. The Hall–Kier alpha value is -0.120. The van der Waals surface area contributed by atoms with Crippen LogP contribution >= 0.6 is 0 Å². The summed E-state index contributed by atoms with van der Waals surface area (Å²) in [6, 6.07) is 0. The van der Waals surface area contributed by atoms with Crippen LogP contribution in [0.2, 0.25) is 0 Å². The Bertz CT molecular complexity index is 214. The van der Waals surface area contributed by atoms with Crippen LogP contribution in [0.1, 0.15) is 45.4 Å². The number of hydrogen-bond donors (Lipinski definition) is 1. The van der Waals surface area contributed by atoms with Gasteiger partial charge in [0.1, 0.15) is 0 Å². The second-order valence-corrected chi connectivity index (χ2v) is 5.39. The zero-order valence-corrected chi connectivity index (χ0v) is 10.5. The first-order valence-electron chi connectivity index (χ1n) is 6.78. The number of aliphatic hydroxyl groups is 1. The number of likely N-dealkylation sites (tertiary alicyclic amines) is 1. The fourth-order valence-corrected chi connectivity index (χ4v) is 3.10. The van der Waals surface area contributed by atoms with Gasteiger partial charge >= 0.3 is 0 Å². The van der Waals surface area contributed by atoms with E-state index < -0.39 is 5.60 Å². The van der Waals surface area contributed by atoms with Gasteiger partial charge in [-0.05, 0) is 26.2 Å². The van der Waals surface area contributed by atoms with Gasteiger partial charge in [0.15, 0.2) is 0 Å². The lowest BCUT2D eigenvalue weighted by molar-refractivity contribution is -0.0253. The second kappa shape index (κ2) is 5.48. The van der Waals surface area contributed by atoms with Crippen LogP contribution in [0.5, 0.6) is 0 Å². The molecule has 1 atom stereocenters. The fourth-order valence-electron chi connectivity index (χ4n) is 3.10. The first-order chi connectivity index (χ1) is 7.72. The summed E-state index contributed by atoms with van der Waals surface area (Å²) < 4.78 is 5.63. The Kier molecular flexibility index (Phi) is 4.22. The molecule has 0 aromatic heterocycles. The Morgan fingerprint density at radius 3 is 2.75 bits per heavy atom.